The highest BCUT2D eigenvalue weighted by Crippen LogP contribution is 2.20. The quantitative estimate of drug-likeness (QED) is 0.873. The summed E-state index contributed by atoms with van der Waals surface area (Å²) in [4.78, 5) is 8.43. The fourth-order valence-electron chi connectivity index (χ4n) is 1.73. The second kappa shape index (κ2) is 5.98. The molecule has 1 aromatic heterocycles. The van der Waals surface area contributed by atoms with Crippen LogP contribution in [0.3, 0.4) is 0 Å². The van der Waals surface area contributed by atoms with Crippen molar-refractivity contribution in [2.75, 3.05) is 12.4 Å². The third-order valence-electron chi connectivity index (χ3n) is 2.82. The molecule has 0 aliphatic carbocycles. The summed E-state index contributed by atoms with van der Waals surface area (Å²) in [6.45, 7) is 1.93. The molecule has 2 aromatic rings. The van der Waals surface area contributed by atoms with Gasteiger partial charge >= 0.3 is 0 Å². The number of nitrogens with one attached hydrogen (secondary N) is 2. The lowest BCUT2D eigenvalue weighted by molar-refractivity contribution is 0.588. The highest BCUT2D eigenvalue weighted by Gasteiger charge is 2.12. The van der Waals surface area contributed by atoms with Crippen LogP contribution in [0.25, 0.3) is 0 Å². The van der Waals surface area contributed by atoms with E-state index in [-0.39, 0.29) is 10.9 Å². The highest BCUT2D eigenvalue weighted by atomic mass is 32.2. The molecular formula is C13H16N4O2S. The van der Waals surface area contributed by atoms with Crippen LogP contribution in [0.4, 0.5) is 5.69 Å². The minimum absolute atomic E-state index is 0.0729. The molecule has 1 unspecified atom stereocenters. The van der Waals surface area contributed by atoms with Gasteiger partial charge in [-0.05, 0) is 32.2 Å². The van der Waals surface area contributed by atoms with E-state index in [1.165, 1.54) is 7.05 Å². The van der Waals surface area contributed by atoms with E-state index in [0.717, 1.165) is 5.69 Å². The van der Waals surface area contributed by atoms with Crippen molar-refractivity contribution in [3.05, 3.63) is 48.5 Å². The van der Waals surface area contributed by atoms with Crippen molar-refractivity contribution in [3.63, 3.8) is 0 Å². The van der Waals surface area contributed by atoms with E-state index in [1.54, 1.807) is 36.8 Å². The average molecular weight is 292 g/mol. The molecule has 2 N–H and O–H groups in total. The maximum absolute atomic E-state index is 11.7. The Bertz CT molecular complexity index is 674. The van der Waals surface area contributed by atoms with Crippen molar-refractivity contribution in [1.29, 1.82) is 0 Å². The van der Waals surface area contributed by atoms with Gasteiger partial charge < -0.3 is 5.32 Å². The van der Waals surface area contributed by atoms with Crippen molar-refractivity contribution in [3.8, 4) is 0 Å². The van der Waals surface area contributed by atoms with Gasteiger partial charge in [0.2, 0.25) is 10.0 Å². The molecule has 0 aliphatic heterocycles. The van der Waals surface area contributed by atoms with Gasteiger partial charge in [-0.15, -0.1) is 0 Å². The van der Waals surface area contributed by atoms with Crippen molar-refractivity contribution in [2.24, 2.45) is 0 Å². The van der Waals surface area contributed by atoms with Gasteiger partial charge in [0.1, 0.15) is 0 Å². The van der Waals surface area contributed by atoms with E-state index in [2.05, 4.69) is 20.0 Å². The number of aromatic nitrogens is 2. The third kappa shape index (κ3) is 3.31. The predicted molar refractivity (Wildman–Crippen MR) is 76.8 cm³/mol. The molecule has 0 fully saturated rings. The normalized spacial score (nSPS) is 12.9. The van der Waals surface area contributed by atoms with E-state index in [1.807, 2.05) is 13.0 Å². The second-order valence-electron chi connectivity index (χ2n) is 4.23. The first-order valence-corrected chi connectivity index (χ1v) is 7.57. The van der Waals surface area contributed by atoms with E-state index in [4.69, 9.17) is 0 Å². The van der Waals surface area contributed by atoms with Crippen LogP contribution in [-0.4, -0.2) is 25.4 Å². The number of sulfonamides is 1. The van der Waals surface area contributed by atoms with E-state index < -0.39 is 10.0 Å². The fraction of sp³-hybridized carbons (Fsp3) is 0.231. The molecule has 2 rings (SSSR count). The Hall–Kier alpha value is -1.99. The zero-order valence-electron chi connectivity index (χ0n) is 11.2. The van der Waals surface area contributed by atoms with Crippen LogP contribution in [0.5, 0.6) is 0 Å². The number of nitrogens with zero attached hydrogens (tertiary/aromatic N) is 2. The Morgan fingerprint density at radius 3 is 2.70 bits per heavy atom. The summed E-state index contributed by atoms with van der Waals surface area (Å²) in [6.07, 6.45) is 4.90. The van der Waals surface area contributed by atoms with Gasteiger partial charge in [0, 0.05) is 18.1 Å². The summed E-state index contributed by atoms with van der Waals surface area (Å²) in [5.41, 5.74) is 1.49. The van der Waals surface area contributed by atoms with Crippen LogP contribution < -0.4 is 10.0 Å². The van der Waals surface area contributed by atoms with Crippen LogP contribution >= 0.6 is 0 Å². The van der Waals surface area contributed by atoms with Crippen LogP contribution in [0.2, 0.25) is 0 Å². The Morgan fingerprint density at radius 1 is 1.25 bits per heavy atom. The molecule has 0 saturated carbocycles. The van der Waals surface area contributed by atoms with Gasteiger partial charge in [0.05, 0.1) is 22.8 Å². The van der Waals surface area contributed by atoms with Gasteiger partial charge in [-0.3, -0.25) is 9.97 Å². The van der Waals surface area contributed by atoms with Gasteiger partial charge in [0.15, 0.2) is 0 Å². The first kappa shape index (κ1) is 14.4. The molecule has 0 radical (unpaired) electrons. The summed E-state index contributed by atoms with van der Waals surface area (Å²) in [6, 6.07) is 6.55. The van der Waals surface area contributed by atoms with Crippen LogP contribution in [-0.2, 0) is 10.0 Å². The largest absolute Gasteiger partial charge is 0.377 e. The molecule has 20 heavy (non-hydrogen) atoms. The maximum Gasteiger partial charge on any atom is 0.240 e. The minimum atomic E-state index is -3.44. The van der Waals surface area contributed by atoms with Crippen molar-refractivity contribution < 1.29 is 8.42 Å². The number of benzene rings is 1. The van der Waals surface area contributed by atoms with Crippen LogP contribution in [0.15, 0.2) is 47.8 Å². The molecule has 0 bridgehead atoms. The van der Waals surface area contributed by atoms with Crippen molar-refractivity contribution in [1.82, 2.24) is 14.7 Å². The lowest BCUT2D eigenvalue weighted by Crippen LogP contribution is -2.18. The summed E-state index contributed by atoms with van der Waals surface area (Å²) < 4.78 is 25.8. The lowest BCUT2D eigenvalue weighted by atomic mass is 10.2. The third-order valence-corrected chi connectivity index (χ3v) is 4.24. The fourth-order valence-corrected chi connectivity index (χ4v) is 2.50. The van der Waals surface area contributed by atoms with Gasteiger partial charge in [-0.2, -0.15) is 0 Å². The topological polar surface area (TPSA) is 84.0 Å². The van der Waals surface area contributed by atoms with Crippen molar-refractivity contribution >= 4 is 15.7 Å². The van der Waals surface area contributed by atoms with E-state index >= 15 is 0 Å². The van der Waals surface area contributed by atoms with Gasteiger partial charge in [-0.1, -0.05) is 6.07 Å². The zero-order chi connectivity index (χ0) is 14.6. The molecule has 1 heterocycles. The number of anilines is 1. The Balaban J connectivity index is 2.21. The first-order valence-electron chi connectivity index (χ1n) is 6.09. The lowest BCUT2D eigenvalue weighted by Gasteiger charge is -2.15. The number of hydrogen-bond acceptors (Lipinski definition) is 5. The van der Waals surface area contributed by atoms with Gasteiger partial charge in [-0.25, -0.2) is 13.1 Å². The van der Waals surface area contributed by atoms with E-state index in [9.17, 15) is 8.42 Å². The molecule has 0 aliphatic rings. The summed E-state index contributed by atoms with van der Waals surface area (Å²) in [5.74, 6) is 0. The molecule has 1 atom stereocenters. The van der Waals surface area contributed by atoms with Crippen molar-refractivity contribution in [2.45, 2.75) is 17.9 Å². The Kier molecular flexibility index (Phi) is 4.31. The Labute approximate surface area is 118 Å². The molecule has 1 aromatic carbocycles. The minimum Gasteiger partial charge on any atom is -0.377 e. The summed E-state index contributed by atoms with van der Waals surface area (Å²) >= 11 is 0. The maximum atomic E-state index is 11.7. The molecule has 0 amide bonds. The van der Waals surface area contributed by atoms with E-state index in [0.29, 0.717) is 5.69 Å². The standard InChI is InChI=1S/C13H16N4O2S/c1-10(13-9-15-6-7-16-13)17-11-4-3-5-12(8-11)20(18,19)14-2/h3-10,14,17H,1-2H3. The van der Waals surface area contributed by atoms with Crippen LogP contribution in [0, 0.1) is 0 Å². The molecule has 7 heteroatoms. The first-order chi connectivity index (χ1) is 9.53. The second-order valence-corrected chi connectivity index (χ2v) is 6.12. The molecular weight excluding hydrogens is 276 g/mol. The molecule has 0 saturated heterocycles. The smallest absolute Gasteiger partial charge is 0.240 e. The zero-order valence-corrected chi connectivity index (χ0v) is 12.1. The van der Waals surface area contributed by atoms with Crippen LogP contribution in [0.1, 0.15) is 18.7 Å². The monoisotopic (exact) mass is 292 g/mol. The summed E-state index contributed by atoms with van der Waals surface area (Å²) in [7, 11) is -2.05. The summed E-state index contributed by atoms with van der Waals surface area (Å²) in [5, 5.41) is 3.20. The Morgan fingerprint density at radius 2 is 2.05 bits per heavy atom. The number of hydrogen-bond donors (Lipinski definition) is 2. The predicted octanol–water partition coefficient (Wildman–Crippen LogP) is 1.56. The molecule has 0 spiro atoms. The van der Waals surface area contributed by atoms with Gasteiger partial charge in [0.25, 0.3) is 0 Å². The molecule has 106 valence electrons. The average Bonchev–Trinajstić information content (AvgIpc) is 2.48. The SMILES string of the molecule is CNS(=O)(=O)c1cccc(NC(C)c2cnccn2)c1. The number of rotatable bonds is 5. The molecule has 6 nitrogen and oxygen atoms in total. The highest BCUT2D eigenvalue weighted by molar-refractivity contribution is 7.89.